The Morgan fingerprint density at radius 3 is 1.44 bits per heavy atom. The summed E-state index contributed by atoms with van der Waals surface area (Å²) in [4.78, 5) is 47.3. The first-order chi connectivity index (χ1) is 22.8. The van der Waals surface area contributed by atoms with Crippen molar-refractivity contribution in [3.05, 3.63) is 35.4 Å². The van der Waals surface area contributed by atoms with Crippen LogP contribution in [0.1, 0.15) is 30.4 Å². The summed E-state index contributed by atoms with van der Waals surface area (Å²) in [7, 11) is 7.05. The van der Waals surface area contributed by atoms with Gasteiger partial charge >= 0.3 is 23.9 Å². The van der Waals surface area contributed by atoms with Crippen LogP contribution in [-0.4, -0.2) is 92.2 Å². The molecular weight excluding hydrogens is 772 g/mol. The minimum atomic E-state index is -1.50. The Balaban J connectivity index is 0.000000513. The number of carboxylic acids is 3. The van der Waals surface area contributed by atoms with Crippen molar-refractivity contribution in [2.45, 2.75) is 42.3 Å². The fourth-order valence-corrected chi connectivity index (χ4v) is 6.47. The van der Waals surface area contributed by atoms with Gasteiger partial charge in [0.25, 0.3) is 0 Å². The second kappa shape index (κ2) is 19.1. The fourth-order valence-electron chi connectivity index (χ4n) is 5.36. The number of aromatic hydroxyl groups is 1. The summed E-state index contributed by atoms with van der Waals surface area (Å²) in [5.41, 5.74) is 1.56. The minimum Gasteiger partial charge on any atom is -0.508 e. The molecule has 1 fully saturated rings. The maximum absolute atomic E-state index is 12.5. The highest BCUT2D eigenvalue weighted by molar-refractivity contribution is 9.08. The Morgan fingerprint density at radius 2 is 1.06 bits per heavy atom. The number of benzene rings is 2. The van der Waals surface area contributed by atoms with Crippen molar-refractivity contribution in [2.75, 3.05) is 35.5 Å². The summed E-state index contributed by atoms with van der Waals surface area (Å²) in [6, 6.07) is 6.12. The molecule has 0 unspecified atom stereocenters. The van der Waals surface area contributed by atoms with Gasteiger partial charge in [-0.05, 0) is 5.92 Å². The third kappa shape index (κ3) is 10.5. The Kier molecular flexibility index (Phi) is 16.0. The Morgan fingerprint density at radius 1 is 0.667 bits per heavy atom. The van der Waals surface area contributed by atoms with Crippen LogP contribution in [0.15, 0.2) is 24.3 Å². The zero-order valence-electron chi connectivity index (χ0n) is 26.8. The van der Waals surface area contributed by atoms with E-state index in [0.29, 0.717) is 39.2 Å². The van der Waals surface area contributed by atoms with Gasteiger partial charge in [0.2, 0.25) is 6.29 Å². The quantitative estimate of drug-likeness (QED) is 0.145. The maximum atomic E-state index is 12.5. The van der Waals surface area contributed by atoms with E-state index in [2.05, 4.69) is 31.9 Å². The molecule has 15 nitrogen and oxygen atoms in total. The molecule has 5 atom stereocenters. The summed E-state index contributed by atoms with van der Waals surface area (Å²) in [6.07, 6.45) is -4.76. The van der Waals surface area contributed by atoms with E-state index in [4.69, 9.17) is 33.2 Å². The molecule has 0 spiro atoms. The third-order valence-corrected chi connectivity index (χ3v) is 8.60. The molecule has 1 aliphatic heterocycles. The van der Waals surface area contributed by atoms with Crippen LogP contribution in [0.25, 0.3) is 0 Å². The number of carbonyl (C=O) groups excluding carboxylic acids is 1. The number of phenolic OH excluding ortho intramolecular Hbond substituents is 1. The topological polar surface area (TPSA) is 214 Å². The minimum absolute atomic E-state index is 0.137. The predicted octanol–water partition coefficient (Wildman–Crippen LogP) is 4.45. The van der Waals surface area contributed by atoms with Crippen LogP contribution in [0.5, 0.6) is 34.5 Å². The van der Waals surface area contributed by atoms with Crippen molar-refractivity contribution in [3.8, 4) is 34.5 Å². The van der Waals surface area contributed by atoms with E-state index in [1.807, 2.05) is 0 Å². The van der Waals surface area contributed by atoms with E-state index in [-0.39, 0.29) is 11.5 Å². The largest absolute Gasteiger partial charge is 0.508 e. The van der Waals surface area contributed by atoms with Gasteiger partial charge in [-0.2, -0.15) is 0 Å². The predicted molar refractivity (Wildman–Crippen MR) is 175 cm³/mol. The van der Waals surface area contributed by atoms with Crippen molar-refractivity contribution in [1.29, 1.82) is 0 Å². The number of rotatable bonds is 15. The van der Waals surface area contributed by atoms with Gasteiger partial charge in [-0.15, -0.1) is 0 Å². The molecule has 2 aromatic carbocycles. The third-order valence-electron chi connectivity index (χ3n) is 7.48. The van der Waals surface area contributed by atoms with Gasteiger partial charge in [0.1, 0.15) is 34.5 Å². The van der Waals surface area contributed by atoms with Gasteiger partial charge in [0.05, 0.1) is 48.4 Å². The highest BCUT2D eigenvalue weighted by Crippen LogP contribution is 2.44. The van der Waals surface area contributed by atoms with Gasteiger partial charge < -0.3 is 53.6 Å². The molecule has 2 aromatic rings. The summed E-state index contributed by atoms with van der Waals surface area (Å²) in [5, 5.41) is 38.7. The van der Waals surface area contributed by atoms with Gasteiger partial charge in [0.15, 0.2) is 6.10 Å². The first-order valence-electron chi connectivity index (χ1n) is 14.1. The lowest BCUT2D eigenvalue weighted by atomic mass is 9.71. The number of phenols is 1. The summed E-state index contributed by atoms with van der Waals surface area (Å²) in [6.45, 7) is 0. The van der Waals surface area contributed by atoms with E-state index in [1.165, 1.54) is 26.4 Å². The molecule has 266 valence electrons. The zero-order chi connectivity index (χ0) is 36.1. The van der Waals surface area contributed by atoms with Crippen molar-refractivity contribution in [3.63, 3.8) is 0 Å². The molecule has 0 bridgehead atoms. The molecule has 1 saturated heterocycles. The van der Waals surface area contributed by atoms with E-state index in [1.54, 1.807) is 26.4 Å². The molecule has 0 aromatic heterocycles. The highest BCUT2D eigenvalue weighted by atomic mass is 79.9. The average Bonchev–Trinajstić information content (AvgIpc) is 3.05. The molecule has 1 aliphatic rings. The van der Waals surface area contributed by atoms with Crippen molar-refractivity contribution < 1.29 is 72.8 Å². The Bertz CT molecular complexity index is 1380. The van der Waals surface area contributed by atoms with Gasteiger partial charge in [-0.25, -0.2) is 4.79 Å². The van der Waals surface area contributed by atoms with E-state index in [9.17, 15) is 39.6 Å². The van der Waals surface area contributed by atoms with Crippen LogP contribution < -0.4 is 23.7 Å². The molecule has 17 heteroatoms. The summed E-state index contributed by atoms with van der Waals surface area (Å²) in [5.74, 6) is -5.90. The highest BCUT2D eigenvalue weighted by Gasteiger charge is 2.51. The lowest BCUT2D eigenvalue weighted by molar-refractivity contribution is -0.233. The molecule has 3 rings (SSSR count). The summed E-state index contributed by atoms with van der Waals surface area (Å²) >= 11 is 6.67. The molecule has 4 N–H and O–H groups in total. The van der Waals surface area contributed by atoms with Crippen molar-refractivity contribution in [1.82, 2.24) is 0 Å². The van der Waals surface area contributed by atoms with Crippen LogP contribution in [0.2, 0.25) is 0 Å². The molecule has 0 saturated carbocycles. The van der Waals surface area contributed by atoms with Crippen LogP contribution in [-0.2, 0) is 39.3 Å². The maximum Gasteiger partial charge on any atom is 0.335 e. The normalized spacial score (nSPS) is 19.9. The van der Waals surface area contributed by atoms with E-state index >= 15 is 0 Å². The second-order valence-corrected chi connectivity index (χ2v) is 11.4. The smallest absolute Gasteiger partial charge is 0.335 e. The lowest BCUT2D eigenvalue weighted by Crippen LogP contribution is -2.54. The number of hydrogen-bond donors (Lipinski definition) is 4. The summed E-state index contributed by atoms with van der Waals surface area (Å²) < 4.78 is 37.4. The van der Waals surface area contributed by atoms with Gasteiger partial charge in [0, 0.05) is 64.3 Å². The Hall–Kier alpha value is -3.96. The number of hydrogen-bond acceptors (Lipinski definition) is 12. The Labute approximate surface area is 293 Å². The van der Waals surface area contributed by atoms with Crippen molar-refractivity contribution >= 4 is 55.7 Å². The van der Waals surface area contributed by atoms with Crippen LogP contribution >= 0.6 is 31.9 Å². The first kappa shape index (κ1) is 40.2. The number of esters is 1. The lowest BCUT2D eigenvalue weighted by Gasteiger charge is -2.44. The second-order valence-electron chi connectivity index (χ2n) is 10.3. The first-order valence-corrected chi connectivity index (χ1v) is 16.4. The SMILES string of the molecule is COC(=O)[C@H]1O[C@@H](Oc2cc(OC)c(CBr)c(OC)c2)[C@H](CC(=O)O)[C@@H](CC(=O)O)[C@@H]1CC(=O)O.COc1cc(O)cc(OC)c1CBr. The molecular formula is C31H38Br2O15. The average molecular weight is 810 g/mol. The van der Waals surface area contributed by atoms with Crippen LogP contribution in [0, 0.1) is 17.8 Å². The van der Waals surface area contributed by atoms with Crippen molar-refractivity contribution in [2.24, 2.45) is 17.8 Å². The van der Waals surface area contributed by atoms with Gasteiger partial charge in [-0.1, -0.05) is 31.9 Å². The molecule has 0 radical (unpaired) electrons. The number of methoxy groups -OCH3 is 5. The molecule has 1 heterocycles. The fraction of sp³-hybridized carbons (Fsp3) is 0.484. The molecule has 0 aliphatic carbocycles. The number of ether oxygens (including phenoxy) is 7. The number of alkyl halides is 2. The number of halogens is 2. The zero-order valence-corrected chi connectivity index (χ0v) is 29.9. The molecule has 48 heavy (non-hydrogen) atoms. The van der Waals surface area contributed by atoms with Gasteiger partial charge in [-0.3, -0.25) is 14.4 Å². The van der Waals surface area contributed by atoms with Crippen LogP contribution in [0.3, 0.4) is 0 Å². The number of carboxylic acid groups (broad SMARTS) is 3. The standard InChI is InChI=1S/C22H27BrO12.C9H11BrO3/c1-31-15-4-10(5-16(32-2)14(15)9-23)34-22-13(8-19(28)29)11(6-17(24)25)12(7-18(26)27)20(35-22)21(30)33-3;1-12-8-3-6(11)4-9(13-2)7(8)5-10/h4-5,11-13,20,22H,6-9H2,1-3H3,(H,24,25)(H,26,27)(H,28,29);3-4,11H,5H2,1-2H3/t11-,12-,13+,20-,22+;/m0./s1. The monoisotopic (exact) mass is 808 g/mol. The van der Waals surface area contributed by atoms with E-state index in [0.717, 1.165) is 12.7 Å². The van der Waals surface area contributed by atoms with E-state index < -0.39 is 73.3 Å². The van der Waals surface area contributed by atoms with Crippen LogP contribution in [0.4, 0.5) is 0 Å². The number of aliphatic carboxylic acids is 3. The molecule has 0 amide bonds. The number of carbonyl (C=O) groups is 4.